The average molecular weight is 492 g/mol. The fraction of sp³-hybridized carbons (Fsp3) is 0.160. The zero-order valence-electron chi connectivity index (χ0n) is 17.5. The first-order valence-electron chi connectivity index (χ1n) is 10.0. The summed E-state index contributed by atoms with van der Waals surface area (Å²) in [6.45, 7) is 2.68. The van der Waals surface area contributed by atoms with Crippen molar-refractivity contribution < 1.29 is 14.3 Å². The molecule has 1 N–H and O–H groups in total. The zero-order valence-corrected chi connectivity index (χ0v) is 19.1. The number of amides is 1. The molecule has 0 saturated heterocycles. The minimum absolute atomic E-state index is 0.201. The quantitative estimate of drug-likeness (QED) is 0.337. The number of rotatable bonds is 9. The molecule has 3 aromatic rings. The van der Waals surface area contributed by atoms with Gasteiger partial charge in [-0.15, -0.1) is 0 Å². The molecule has 0 saturated carbocycles. The fourth-order valence-corrected chi connectivity index (χ4v) is 3.15. The van der Waals surface area contributed by atoms with E-state index in [1.807, 2.05) is 49.4 Å². The zero-order chi connectivity index (χ0) is 22.8. The van der Waals surface area contributed by atoms with Crippen LogP contribution in [0.5, 0.6) is 11.5 Å². The highest BCUT2D eigenvalue weighted by molar-refractivity contribution is 9.10. The number of hydrogen-bond acceptors (Lipinski definition) is 5. The third-order valence-corrected chi connectivity index (χ3v) is 4.93. The van der Waals surface area contributed by atoms with Crippen molar-refractivity contribution in [2.75, 3.05) is 6.61 Å². The first kappa shape index (κ1) is 23.0. The van der Waals surface area contributed by atoms with Gasteiger partial charge in [0, 0.05) is 4.47 Å². The Balaban J connectivity index is 1.60. The van der Waals surface area contributed by atoms with Crippen LogP contribution in [-0.4, -0.2) is 18.7 Å². The Morgan fingerprint density at radius 2 is 1.88 bits per heavy atom. The second kappa shape index (κ2) is 11.7. The maximum atomic E-state index is 12.1. The monoisotopic (exact) mass is 491 g/mol. The van der Waals surface area contributed by atoms with Crippen molar-refractivity contribution >= 4 is 28.1 Å². The molecule has 7 heteroatoms. The van der Waals surface area contributed by atoms with Gasteiger partial charge in [-0.05, 0) is 66.1 Å². The van der Waals surface area contributed by atoms with E-state index in [0.29, 0.717) is 30.3 Å². The standard InChI is InChI=1S/C25H22BrN3O3/c1-2-31-24-13-20(16-28-29-25(30)14-18-6-9-22(26)10-7-18)8-11-23(24)32-17-21-5-3-4-19(12-21)15-27/h3-13,16H,2,14,17H2,1H3,(H,29,30)/b28-16-. The molecule has 0 aliphatic heterocycles. The molecular formula is C25H22BrN3O3. The number of nitrogens with one attached hydrogen (secondary N) is 1. The molecule has 3 rings (SSSR count). The van der Waals surface area contributed by atoms with E-state index in [9.17, 15) is 4.79 Å². The minimum atomic E-state index is -0.201. The SMILES string of the molecule is CCOc1cc(/C=N\NC(=O)Cc2ccc(Br)cc2)ccc1OCc1cccc(C#N)c1. The molecule has 6 nitrogen and oxygen atoms in total. The van der Waals surface area contributed by atoms with Crippen molar-refractivity contribution in [3.8, 4) is 17.6 Å². The number of carbonyl (C=O) groups excluding carboxylic acids is 1. The largest absolute Gasteiger partial charge is 0.490 e. The number of nitriles is 1. The summed E-state index contributed by atoms with van der Waals surface area (Å²) < 4.78 is 12.6. The van der Waals surface area contributed by atoms with Crippen LogP contribution in [0.15, 0.2) is 76.3 Å². The second-order valence-corrected chi connectivity index (χ2v) is 7.75. The molecular weight excluding hydrogens is 470 g/mol. The van der Waals surface area contributed by atoms with E-state index in [4.69, 9.17) is 14.7 Å². The number of nitrogens with zero attached hydrogens (tertiary/aromatic N) is 2. The van der Waals surface area contributed by atoms with Crippen LogP contribution in [0, 0.1) is 11.3 Å². The molecule has 0 aliphatic carbocycles. The predicted molar refractivity (Wildman–Crippen MR) is 127 cm³/mol. The smallest absolute Gasteiger partial charge is 0.244 e. The summed E-state index contributed by atoms with van der Waals surface area (Å²) in [6, 6.07) is 22.4. The van der Waals surface area contributed by atoms with Gasteiger partial charge in [0.25, 0.3) is 0 Å². The minimum Gasteiger partial charge on any atom is -0.490 e. The summed E-state index contributed by atoms with van der Waals surface area (Å²) >= 11 is 3.37. The molecule has 0 aliphatic rings. The van der Waals surface area contributed by atoms with Gasteiger partial charge in [0.15, 0.2) is 11.5 Å². The lowest BCUT2D eigenvalue weighted by atomic mass is 10.1. The van der Waals surface area contributed by atoms with E-state index in [1.54, 1.807) is 30.5 Å². The van der Waals surface area contributed by atoms with Crippen molar-refractivity contribution in [2.24, 2.45) is 5.10 Å². The molecule has 0 spiro atoms. The van der Waals surface area contributed by atoms with Crippen LogP contribution in [0.4, 0.5) is 0 Å². The van der Waals surface area contributed by atoms with Crippen LogP contribution >= 0.6 is 15.9 Å². The highest BCUT2D eigenvalue weighted by atomic mass is 79.9. The summed E-state index contributed by atoms with van der Waals surface area (Å²) in [5.41, 5.74) is 5.68. The second-order valence-electron chi connectivity index (χ2n) is 6.84. The number of hydrazone groups is 1. The van der Waals surface area contributed by atoms with Crippen molar-refractivity contribution in [3.63, 3.8) is 0 Å². The van der Waals surface area contributed by atoms with Crippen LogP contribution in [0.3, 0.4) is 0 Å². The Labute approximate surface area is 195 Å². The molecule has 0 unspecified atom stereocenters. The molecule has 0 radical (unpaired) electrons. The molecule has 0 heterocycles. The van der Waals surface area contributed by atoms with Gasteiger partial charge in [0.1, 0.15) is 6.61 Å². The molecule has 0 fully saturated rings. The summed E-state index contributed by atoms with van der Waals surface area (Å²) in [5, 5.41) is 13.1. The van der Waals surface area contributed by atoms with Crippen LogP contribution in [0.2, 0.25) is 0 Å². The maximum absolute atomic E-state index is 12.1. The highest BCUT2D eigenvalue weighted by Crippen LogP contribution is 2.29. The van der Waals surface area contributed by atoms with Crippen LogP contribution in [-0.2, 0) is 17.8 Å². The Kier molecular flexibility index (Phi) is 8.41. The van der Waals surface area contributed by atoms with Gasteiger partial charge in [-0.3, -0.25) is 4.79 Å². The topological polar surface area (TPSA) is 83.7 Å². The third-order valence-electron chi connectivity index (χ3n) is 4.40. The van der Waals surface area contributed by atoms with Gasteiger partial charge in [0.2, 0.25) is 5.91 Å². The lowest BCUT2D eigenvalue weighted by Crippen LogP contribution is -2.19. The summed E-state index contributed by atoms with van der Waals surface area (Å²) in [6.07, 6.45) is 1.80. The van der Waals surface area contributed by atoms with Crippen molar-refractivity contribution in [1.29, 1.82) is 5.26 Å². The number of carbonyl (C=O) groups is 1. The molecule has 32 heavy (non-hydrogen) atoms. The molecule has 162 valence electrons. The van der Waals surface area contributed by atoms with Crippen molar-refractivity contribution in [1.82, 2.24) is 5.43 Å². The molecule has 0 aromatic heterocycles. The van der Waals surface area contributed by atoms with Crippen LogP contribution in [0.25, 0.3) is 0 Å². The van der Waals surface area contributed by atoms with Crippen molar-refractivity contribution in [3.05, 3.63) is 93.5 Å². The van der Waals surface area contributed by atoms with Crippen LogP contribution in [0.1, 0.15) is 29.2 Å². The van der Waals surface area contributed by atoms with Gasteiger partial charge in [-0.25, -0.2) is 5.43 Å². The first-order chi connectivity index (χ1) is 15.6. The van der Waals surface area contributed by atoms with Gasteiger partial charge >= 0.3 is 0 Å². The van der Waals surface area contributed by atoms with Gasteiger partial charge in [-0.1, -0.05) is 40.2 Å². The van der Waals surface area contributed by atoms with E-state index in [-0.39, 0.29) is 12.3 Å². The summed E-state index contributed by atoms with van der Waals surface area (Å²) in [4.78, 5) is 12.1. The van der Waals surface area contributed by atoms with E-state index in [0.717, 1.165) is 21.2 Å². The molecule has 0 bridgehead atoms. The predicted octanol–water partition coefficient (Wildman–Crippen LogP) is 4.99. The average Bonchev–Trinajstić information content (AvgIpc) is 2.80. The van der Waals surface area contributed by atoms with E-state index < -0.39 is 0 Å². The Morgan fingerprint density at radius 3 is 2.62 bits per heavy atom. The third kappa shape index (κ3) is 6.96. The Hall–Kier alpha value is -3.63. The summed E-state index contributed by atoms with van der Waals surface area (Å²) in [7, 11) is 0. The number of halogens is 1. The maximum Gasteiger partial charge on any atom is 0.244 e. The van der Waals surface area contributed by atoms with Gasteiger partial charge in [0.05, 0.1) is 30.9 Å². The number of benzene rings is 3. The Bertz CT molecular complexity index is 1140. The summed E-state index contributed by atoms with van der Waals surface area (Å²) in [5.74, 6) is 0.966. The Morgan fingerprint density at radius 1 is 1.06 bits per heavy atom. The van der Waals surface area contributed by atoms with E-state index in [1.165, 1.54) is 0 Å². The highest BCUT2D eigenvalue weighted by Gasteiger charge is 2.07. The molecule has 1 amide bonds. The lowest BCUT2D eigenvalue weighted by Gasteiger charge is -2.12. The van der Waals surface area contributed by atoms with Crippen LogP contribution < -0.4 is 14.9 Å². The normalized spacial score (nSPS) is 10.5. The number of hydrogen-bond donors (Lipinski definition) is 1. The van der Waals surface area contributed by atoms with Gasteiger partial charge < -0.3 is 9.47 Å². The van der Waals surface area contributed by atoms with E-state index in [2.05, 4.69) is 32.5 Å². The van der Waals surface area contributed by atoms with Crippen molar-refractivity contribution in [2.45, 2.75) is 20.0 Å². The number of ether oxygens (including phenoxy) is 2. The lowest BCUT2D eigenvalue weighted by molar-refractivity contribution is -0.120. The molecule has 3 aromatic carbocycles. The molecule has 0 atom stereocenters. The fourth-order valence-electron chi connectivity index (χ4n) is 2.89. The van der Waals surface area contributed by atoms with Gasteiger partial charge in [-0.2, -0.15) is 10.4 Å². The van der Waals surface area contributed by atoms with E-state index >= 15 is 0 Å². The first-order valence-corrected chi connectivity index (χ1v) is 10.8.